The molecule has 11 heteroatoms. The summed E-state index contributed by atoms with van der Waals surface area (Å²) in [6.45, 7) is 1.41. The molecule has 1 aliphatic rings. The zero-order valence-corrected chi connectivity index (χ0v) is 23.5. The molecule has 0 bridgehead atoms. The fourth-order valence-electron chi connectivity index (χ4n) is 4.70. The number of rotatable bonds is 7. The van der Waals surface area contributed by atoms with Crippen LogP contribution in [0.3, 0.4) is 0 Å². The van der Waals surface area contributed by atoms with Crippen LogP contribution < -0.4 is 10.6 Å². The lowest BCUT2D eigenvalue weighted by Gasteiger charge is -2.15. The van der Waals surface area contributed by atoms with Gasteiger partial charge in [0.1, 0.15) is 12.4 Å². The van der Waals surface area contributed by atoms with Crippen LogP contribution in [0.4, 0.5) is 30.4 Å². The van der Waals surface area contributed by atoms with Crippen LogP contribution in [-0.2, 0) is 30.5 Å². The number of hydrogen-bond donors (Lipinski definition) is 3. The van der Waals surface area contributed by atoms with Crippen molar-refractivity contribution in [2.24, 2.45) is 0 Å². The van der Waals surface area contributed by atoms with Crippen LogP contribution in [0.5, 0.6) is 0 Å². The molecule has 0 radical (unpaired) electrons. The van der Waals surface area contributed by atoms with Gasteiger partial charge in [0, 0.05) is 41.3 Å². The molecule has 0 amide bonds. The zero-order chi connectivity index (χ0) is 29.5. The first-order valence-corrected chi connectivity index (χ1v) is 14.3. The lowest BCUT2D eigenvalue weighted by molar-refractivity contribution is -0.137. The van der Waals surface area contributed by atoms with Crippen LogP contribution in [0.25, 0.3) is 22.2 Å². The average molecular weight is 592 g/mol. The van der Waals surface area contributed by atoms with E-state index in [4.69, 9.17) is 14.3 Å². The van der Waals surface area contributed by atoms with Gasteiger partial charge in [0.25, 0.3) is 0 Å². The van der Waals surface area contributed by atoms with Gasteiger partial charge >= 0.3 is 6.18 Å². The topological polar surface area (TPSA) is 92.2 Å². The number of halogens is 3. The monoisotopic (exact) mass is 591 g/mol. The highest BCUT2D eigenvalue weighted by Crippen LogP contribution is 2.37. The fraction of sp³-hybridized carbons (Fsp3) is 0.194. The first kappa shape index (κ1) is 29.3. The van der Waals surface area contributed by atoms with Crippen LogP contribution in [0.2, 0.25) is 0 Å². The minimum Gasteiger partial charge on any atom is -0.384 e. The predicted molar refractivity (Wildman–Crippen MR) is 161 cm³/mol. The number of aromatic nitrogens is 3. The van der Waals surface area contributed by atoms with Gasteiger partial charge in [-0.25, -0.2) is 9.97 Å². The Morgan fingerprint density at radius 3 is 2.57 bits per heavy atom. The van der Waals surface area contributed by atoms with Gasteiger partial charge in [-0.2, -0.15) is 13.2 Å². The standard InChI is InChI=1S/C30H24F3N5O.CH4OS/c31-30(32,33)24-7-4-13-35-28(24)21-8-10-23-26(16-21)37-27(18-39-17-19-5-2-1-3-6-19)38-29(23)36-22-9-11-25-20(15-22)12-14-34-25;1-3-2/h1-11,13,15-16,34H,12,14,17-18H2,(H,36,37,38);2H,1H3. The maximum atomic E-state index is 13.7. The number of nitrogens with zero attached hydrogens (tertiary/aromatic N) is 3. The van der Waals surface area contributed by atoms with Gasteiger partial charge in [0.15, 0.2) is 5.82 Å². The van der Waals surface area contributed by atoms with Crippen molar-refractivity contribution in [1.29, 1.82) is 0 Å². The van der Waals surface area contributed by atoms with Crippen molar-refractivity contribution in [1.82, 2.24) is 15.0 Å². The molecule has 3 heterocycles. The molecule has 0 aliphatic carbocycles. The number of pyridine rings is 1. The lowest BCUT2D eigenvalue weighted by atomic mass is 10.0. The Kier molecular flexibility index (Phi) is 9.21. The molecule has 0 atom stereocenters. The Balaban J connectivity index is 0.00000113. The molecule has 1 aliphatic heterocycles. The molecule has 5 aromatic rings. The van der Waals surface area contributed by atoms with Gasteiger partial charge in [-0.15, -0.1) is 0 Å². The van der Waals surface area contributed by atoms with Gasteiger partial charge in [0.2, 0.25) is 0 Å². The van der Waals surface area contributed by atoms with E-state index in [0.29, 0.717) is 34.7 Å². The van der Waals surface area contributed by atoms with Crippen molar-refractivity contribution in [2.75, 3.05) is 23.4 Å². The van der Waals surface area contributed by atoms with E-state index in [9.17, 15) is 13.2 Å². The second-order valence-corrected chi connectivity index (χ2v) is 9.82. The number of nitrogens with one attached hydrogen (secondary N) is 2. The first-order chi connectivity index (χ1) is 20.4. The molecule has 216 valence electrons. The second kappa shape index (κ2) is 13.2. The maximum Gasteiger partial charge on any atom is 0.418 e. The molecule has 0 spiro atoms. The molecule has 0 fully saturated rings. The minimum absolute atomic E-state index is 0.134. The SMILES string of the molecule is CSO.FC(F)(F)c1cccnc1-c1ccc2c(Nc3ccc4c(c3)CCN4)nc(COCc3ccccc3)nc2c1. The number of fused-ring (bicyclic) bond motifs is 2. The normalized spacial score (nSPS) is 12.3. The number of ether oxygens (including phenoxy) is 1. The van der Waals surface area contributed by atoms with Crippen LogP contribution in [0.15, 0.2) is 85.1 Å². The highest BCUT2D eigenvalue weighted by molar-refractivity contribution is 7.93. The summed E-state index contributed by atoms with van der Waals surface area (Å²) in [6.07, 6.45) is -0.647. The van der Waals surface area contributed by atoms with E-state index in [1.165, 1.54) is 17.8 Å². The highest BCUT2D eigenvalue weighted by atomic mass is 32.2. The Morgan fingerprint density at radius 1 is 0.976 bits per heavy atom. The van der Waals surface area contributed by atoms with Crippen molar-refractivity contribution >= 4 is 40.1 Å². The molecular weight excluding hydrogens is 563 g/mol. The maximum absolute atomic E-state index is 13.7. The summed E-state index contributed by atoms with van der Waals surface area (Å²) in [5.74, 6) is 0.964. The van der Waals surface area contributed by atoms with E-state index in [1.54, 1.807) is 24.5 Å². The molecule has 42 heavy (non-hydrogen) atoms. The Morgan fingerprint density at radius 2 is 1.79 bits per heavy atom. The number of alkyl halides is 3. The predicted octanol–water partition coefficient (Wildman–Crippen LogP) is 7.96. The molecule has 3 aromatic carbocycles. The van der Waals surface area contributed by atoms with Crippen molar-refractivity contribution in [3.05, 3.63) is 108 Å². The van der Waals surface area contributed by atoms with Crippen LogP contribution in [-0.4, -0.2) is 32.3 Å². The van der Waals surface area contributed by atoms with Crippen LogP contribution in [0.1, 0.15) is 22.5 Å². The summed E-state index contributed by atoms with van der Waals surface area (Å²) in [7, 11) is 0. The van der Waals surface area contributed by atoms with E-state index in [1.807, 2.05) is 42.5 Å². The van der Waals surface area contributed by atoms with Crippen molar-refractivity contribution in [3.63, 3.8) is 0 Å². The second-order valence-electron chi connectivity index (χ2n) is 9.45. The number of benzene rings is 3. The Bertz CT molecular complexity index is 1670. The van der Waals surface area contributed by atoms with Crippen LogP contribution >= 0.6 is 12.0 Å². The molecule has 3 N–H and O–H groups in total. The number of hydrogen-bond acceptors (Lipinski definition) is 8. The lowest BCUT2D eigenvalue weighted by Crippen LogP contribution is -2.08. The minimum atomic E-state index is -4.53. The molecule has 6 rings (SSSR count). The summed E-state index contributed by atoms with van der Waals surface area (Å²) in [6, 6.07) is 23.1. The average Bonchev–Trinajstić information content (AvgIpc) is 3.46. The van der Waals surface area contributed by atoms with E-state index in [2.05, 4.69) is 26.7 Å². The van der Waals surface area contributed by atoms with E-state index in [-0.39, 0.29) is 12.3 Å². The fourth-order valence-corrected chi connectivity index (χ4v) is 4.70. The van der Waals surface area contributed by atoms with Crippen molar-refractivity contribution < 1.29 is 22.5 Å². The van der Waals surface area contributed by atoms with Crippen molar-refractivity contribution in [3.8, 4) is 11.3 Å². The number of anilines is 3. The van der Waals surface area contributed by atoms with Gasteiger partial charge in [-0.3, -0.25) is 4.98 Å². The van der Waals surface area contributed by atoms with E-state index >= 15 is 0 Å². The summed E-state index contributed by atoms with van der Waals surface area (Å²) in [4.78, 5) is 13.4. The molecule has 2 aromatic heterocycles. The summed E-state index contributed by atoms with van der Waals surface area (Å²) in [5.41, 5.74) is 4.07. The Labute approximate surface area is 245 Å². The van der Waals surface area contributed by atoms with E-state index < -0.39 is 11.7 Å². The van der Waals surface area contributed by atoms with Gasteiger partial charge in [0.05, 0.1) is 23.4 Å². The van der Waals surface area contributed by atoms with Gasteiger partial charge < -0.3 is 19.9 Å². The third kappa shape index (κ3) is 6.99. The molecule has 0 saturated heterocycles. The largest absolute Gasteiger partial charge is 0.418 e. The summed E-state index contributed by atoms with van der Waals surface area (Å²) >= 11 is 0.750. The van der Waals surface area contributed by atoms with Gasteiger partial charge in [-0.05, 0) is 72.1 Å². The summed E-state index contributed by atoms with van der Waals surface area (Å²) in [5, 5.41) is 7.41. The molecule has 0 saturated carbocycles. The highest BCUT2D eigenvalue weighted by Gasteiger charge is 2.34. The third-order valence-corrected chi connectivity index (χ3v) is 6.55. The molecule has 7 nitrogen and oxygen atoms in total. The zero-order valence-electron chi connectivity index (χ0n) is 22.7. The first-order valence-electron chi connectivity index (χ1n) is 13.1. The van der Waals surface area contributed by atoms with Gasteiger partial charge in [-0.1, -0.05) is 36.4 Å². The molecular formula is C31H28F3N5O2S. The van der Waals surface area contributed by atoms with Crippen molar-refractivity contribution in [2.45, 2.75) is 25.8 Å². The Hall–Kier alpha value is -4.19. The smallest absolute Gasteiger partial charge is 0.384 e. The third-order valence-electron chi connectivity index (χ3n) is 6.55. The van der Waals surface area contributed by atoms with E-state index in [0.717, 1.165) is 48.0 Å². The quantitative estimate of drug-likeness (QED) is 0.164. The summed E-state index contributed by atoms with van der Waals surface area (Å²) < 4.78 is 54.5. The van der Waals surface area contributed by atoms with Crippen LogP contribution in [0, 0.1) is 0 Å². The molecule has 0 unspecified atom stereocenters.